The molecule has 2 rings (SSSR count). The van der Waals surface area contributed by atoms with Crippen LogP contribution in [0.4, 0.5) is 5.69 Å². The van der Waals surface area contributed by atoms with Gasteiger partial charge in [-0.2, -0.15) is 0 Å². The number of carboxylic acids is 1. The summed E-state index contributed by atoms with van der Waals surface area (Å²) in [7, 11) is 0. The third-order valence-corrected chi connectivity index (χ3v) is 3.88. The summed E-state index contributed by atoms with van der Waals surface area (Å²) in [5, 5.41) is 8.54. The molecule has 5 nitrogen and oxygen atoms in total. The van der Waals surface area contributed by atoms with Gasteiger partial charge in [-0.25, -0.2) is 4.79 Å². The molecule has 0 atom stereocenters. The fourth-order valence-electron chi connectivity index (χ4n) is 2.49. The predicted molar refractivity (Wildman–Crippen MR) is 81.5 cm³/mol. The number of aryl methyl sites for hydroxylation is 1. The molecule has 1 fully saturated rings. The number of hydrogen-bond donors (Lipinski definition) is 1. The second kappa shape index (κ2) is 6.43. The van der Waals surface area contributed by atoms with Crippen LogP contribution >= 0.6 is 0 Å². The Hall–Kier alpha value is -2.30. The molecule has 0 radical (unpaired) electrons. The molecule has 0 aromatic heterocycles. The van der Waals surface area contributed by atoms with Crippen LogP contribution in [-0.2, 0) is 9.59 Å². The summed E-state index contributed by atoms with van der Waals surface area (Å²) in [6, 6.07) is 6.24. The van der Waals surface area contributed by atoms with Gasteiger partial charge in [-0.3, -0.25) is 4.79 Å². The van der Waals surface area contributed by atoms with Crippen LogP contribution in [0.1, 0.15) is 11.1 Å². The van der Waals surface area contributed by atoms with Gasteiger partial charge in [0.15, 0.2) is 0 Å². The van der Waals surface area contributed by atoms with Gasteiger partial charge in [0.05, 0.1) is 0 Å². The second-order valence-corrected chi connectivity index (χ2v) is 5.20. The van der Waals surface area contributed by atoms with Gasteiger partial charge in [-0.15, -0.1) is 0 Å². The van der Waals surface area contributed by atoms with Gasteiger partial charge in [0, 0.05) is 44.0 Å². The molecule has 0 bridgehead atoms. The summed E-state index contributed by atoms with van der Waals surface area (Å²) in [6.45, 7) is 6.94. The highest BCUT2D eigenvalue weighted by Crippen LogP contribution is 2.23. The topological polar surface area (TPSA) is 60.9 Å². The molecule has 1 amide bonds. The summed E-state index contributed by atoms with van der Waals surface area (Å²) in [5.74, 6) is -1.34. The highest BCUT2D eigenvalue weighted by Gasteiger charge is 2.21. The zero-order valence-corrected chi connectivity index (χ0v) is 12.4. The van der Waals surface area contributed by atoms with Crippen molar-refractivity contribution in [3.8, 4) is 0 Å². The maximum absolute atomic E-state index is 11.8. The minimum absolute atomic E-state index is 0.238. The molecular weight excluding hydrogens is 268 g/mol. The molecule has 1 aromatic rings. The van der Waals surface area contributed by atoms with Gasteiger partial charge in [0.1, 0.15) is 0 Å². The van der Waals surface area contributed by atoms with Crippen LogP contribution < -0.4 is 4.90 Å². The number of carbonyl (C=O) groups is 2. The molecule has 0 saturated carbocycles. The van der Waals surface area contributed by atoms with E-state index in [4.69, 9.17) is 5.11 Å². The fraction of sp³-hybridized carbons (Fsp3) is 0.375. The van der Waals surface area contributed by atoms with Crippen molar-refractivity contribution in [2.45, 2.75) is 13.8 Å². The summed E-state index contributed by atoms with van der Waals surface area (Å²) in [6.07, 6.45) is 2.01. The summed E-state index contributed by atoms with van der Waals surface area (Å²) >= 11 is 0. The summed E-state index contributed by atoms with van der Waals surface area (Å²) < 4.78 is 0. The van der Waals surface area contributed by atoms with Crippen LogP contribution in [0, 0.1) is 13.8 Å². The average Bonchev–Trinajstić information content (AvgIpc) is 2.48. The number of carbonyl (C=O) groups excluding carboxylic acids is 1. The van der Waals surface area contributed by atoms with E-state index < -0.39 is 5.97 Å². The Kier molecular flexibility index (Phi) is 4.62. The Morgan fingerprint density at radius 1 is 1.10 bits per heavy atom. The van der Waals surface area contributed by atoms with Crippen molar-refractivity contribution >= 4 is 17.6 Å². The number of piperazine rings is 1. The van der Waals surface area contributed by atoms with Gasteiger partial charge in [-0.05, 0) is 31.0 Å². The number of carboxylic acid groups (broad SMARTS) is 1. The monoisotopic (exact) mass is 288 g/mol. The van der Waals surface area contributed by atoms with E-state index in [0.29, 0.717) is 13.1 Å². The number of hydrogen-bond acceptors (Lipinski definition) is 3. The van der Waals surface area contributed by atoms with E-state index in [9.17, 15) is 9.59 Å². The van der Waals surface area contributed by atoms with Crippen molar-refractivity contribution in [3.63, 3.8) is 0 Å². The van der Waals surface area contributed by atoms with Crippen LogP contribution in [0.3, 0.4) is 0 Å². The quantitative estimate of drug-likeness (QED) is 0.858. The van der Waals surface area contributed by atoms with Crippen LogP contribution in [0.2, 0.25) is 0 Å². The zero-order valence-electron chi connectivity index (χ0n) is 12.4. The molecule has 21 heavy (non-hydrogen) atoms. The number of benzene rings is 1. The fourth-order valence-corrected chi connectivity index (χ4v) is 2.49. The Balaban J connectivity index is 1.99. The first kappa shape index (κ1) is 15.1. The van der Waals surface area contributed by atoms with E-state index in [1.54, 1.807) is 4.90 Å². The smallest absolute Gasteiger partial charge is 0.328 e. The molecule has 5 heteroatoms. The third-order valence-electron chi connectivity index (χ3n) is 3.88. The van der Waals surface area contributed by atoms with Gasteiger partial charge < -0.3 is 14.9 Å². The largest absolute Gasteiger partial charge is 0.478 e. The predicted octanol–water partition coefficient (Wildman–Crippen LogP) is 1.59. The number of aliphatic carboxylic acids is 1. The molecule has 0 unspecified atom stereocenters. The minimum Gasteiger partial charge on any atom is -0.478 e. The van der Waals surface area contributed by atoms with Crippen molar-refractivity contribution in [1.82, 2.24) is 4.90 Å². The van der Waals surface area contributed by atoms with Crippen molar-refractivity contribution in [2.24, 2.45) is 0 Å². The van der Waals surface area contributed by atoms with Crippen LogP contribution in [-0.4, -0.2) is 48.1 Å². The van der Waals surface area contributed by atoms with Crippen LogP contribution in [0.15, 0.2) is 30.4 Å². The Morgan fingerprint density at radius 3 is 2.38 bits per heavy atom. The average molecular weight is 288 g/mol. The van der Waals surface area contributed by atoms with Crippen LogP contribution in [0.25, 0.3) is 0 Å². The second-order valence-electron chi connectivity index (χ2n) is 5.20. The molecule has 0 aliphatic carbocycles. The molecule has 1 aliphatic rings. The van der Waals surface area contributed by atoms with E-state index in [-0.39, 0.29) is 5.91 Å². The SMILES string of the molecule is Cc1cccc(N2CCN(C(=O)/C=C/C(=O)O)CC2)c1C. The standard InChI is InChI=1S/C16H20N2O3/c1-12-4-3-5-14(13(12)2)17-8-10-18(11-9-17)15(19)6-7-16(20)21/h3-7H,8-11H2,1-2H3,(H,20,21)/b7-6+. The maximum atomic E-state index is 11.8. The maximum Gasteiger partial charge on any atom is 0.328 e. The molecule has 1 aromatic carbocycles. The van der Waals surface area contributed by atoms with E-state index in [1.165, 1.54) is 16.8 Å². The Morgan fingerprint density at radius 2 is 1.76 bits per heavy atom. The lowest BCUT2D eigenvalue weighted by atomic mass is 10.1. The molecule has 1 N–H and O–H groups in total. The zero-order chi connectivity index (χ0) is 15.4. The summed E-state index contributed by atoms with van der Waals surface area (Å²) in [4.78, 5) is 26.2. The Bertz CT molecular complexity index is 573. The van der Waals surface area contributed by atoms with Crippen molar-refractivity contribution in [3.05, 3.63) is 41.5 Å². The van der Waals surface area contributed by atoms with Gasteiger partial charge in [0.2, 0.25) is 5.91 Å². The third kappa shape index (κ3) is 3.62. The molecule has 1 heterocycles. The number of nitrogens with zero attached hydrogens (tertiary/aromatic N) is 2. The van der Waals surface area contributed by atoms with Crippen molar-refractivity contribution < 1.29 is 14.7 Å². The molecule has 1 aliphatic heterocycles. The van der Waals surface area contributed by atoms with Crippen molar-refractivity contribution in [2.75, 3.05) is 31.1 Å². The Labute approximate surface area is 124 Å². The van der Waals surface area contributed by atoms with E-state index in [2.05, 4.69) is 30.9 Å². The van der Waals surface area contributed by atoms with Crippen molar-refractivity contribution in [1.29, 1.82) is 0 Å². The molecule has 0 spiro atoms. The lowest BCUT2D eigenvalue weighted by Gasteiger charge is -2.36. The minimum atomic E-state index is -1.10. The lowest BCUT2D eigenvalue weighted by molar-refractivity contribution is -0.132. The van der Waals surface area contributed by atoms with E-state index >= 15 is 0 Å². The molecule has 112 valence electrons. The molecular formula is C16H20N2O3. The highest BCUT2D eigenvalue weighted by molar-refractivity contribution is 5.94. The highest BCUT2D eigenvalue weighted by atomic mass is 16.4. The normalized spacial score (nSPS) is 15.5. The van der Waals surface area contributed by atoms with Gasteiger partial charge in [-0.1, -0.05) is 12.1 Å². The van der Waals surface area contributed by atoms with Crippen LogP contribution in [0.5, 0.6) is 0 Å². The first-order valence-corrected chi connectivity index (χ1v) is 7.00. The van der Waals surface area contributed by atoms with E-state index in [0.717, 1.165) is 25.2 Å². The van der Waals surface area contributed by atoms with Gasteiger partial charge >= 0.3 is 5.97 Å². The summed E-state index contributed by atoms with van der Waals surface area (Å²) in [5.41, 5.74) is 3.74. The van der Waals surface area contributed by atoms with E-state index in [1.807, 2.05) is 6.07 Å². The number of anilines is 1. The first-order chi connectivity index (χ1) is 9.99. The molecule has 1 saturated heterocycles. The lowest BCUT2D eigenvalue weighted by Crippen LogP contribution is -2.48. The number of amides is 1. The number of rotatable bonds is 3. The first-order valence-electron chi connectivity index (χ1n) is 7.00. The van der Waals surface area contributed by atoms with Gasteiger partial charge in [0.25, 0.3) is 0 Å².